The molecule has 0 atom stereocenters. The fourth-order valence-electron chi connectivity index (χ4n) is 0.881. The molecule has 11 heavy (non-hydrogen) atoms. The van der Waals surface area contributed by atoms with Gasteiger partial charge in [0.1, 0.15) is 0 Å². The van der Waals surface area contributed by atoms with Crippen LogP contribution in [-0.2, 0) is 0 Å². The van der Waals surface area contributed by atoms with Gasteiger partial charge in [-0.15, -0.1) is 11.3 Å². The first-order valence-electron chi connectivity index (χ1n) is 3.58. The van der Waals surface area contributed by atoms with Gasteiger partial charge in [-0.1, -0.05) is 24.3 Å². The lowest BCUT2D eigenvalue weighted by molar-refractivity contribution is 1.40. The predicted molar refractivity (Wildman–Crippen MR) is 52.8 cm³/mol. The van der Waals surface area contributed by atoms with E-state index in [9.17, 15) is 0 Å². The summed E-state index contributed by atoms with van der Waals surface area (Å²) in [5.74, 6) is 0. The molecule has 1 heterocycles. The summed E-state index contributed by atoms with van der Waals surface area (Å²) in [4.78, 5) is 1.26. The Morgan fingerprint density at radius 1 is 1.55 bits per heavy atom. The van der Waals surface area contributed by atoms with Gasteiger partial charge in [-0.3, -0.25) is 0 Å². The van der Waals surface area contributed by atoms with Gasteiger partial charge in [0, 0.05) is 4.88 Å². The number of allylic oxidation sites excluding steroid dienone is 3. The summed E-state index contributed by atoms with van der Waals surface area (Å²) < 4.78 is 0. The maximum absolute atomic E-state index is 3.97. The number of hydrogen-bond donors (Lipinski definition) is 0. The van der Waals surface area contributed by atoms with Gasteiger partial charge in [0.15, 0.2) is 0 Å². The number of thiophene rings is 1. The molecule has 0 unspecified atom stereocenters. The molecular formula is C10H12S. The molecule has 0 aliphatic rings. The van der Waals surface area contributed by atoms with E-state index in [1.165, 1.54) is 10.5 Å². The zero-order chi connectivity index (χ0) is 8.27. The van der Waals surface area contributed by atoms with Crippen molar-refractivity contribution in [2.45, 2.75) is 13.8 Å². The molecule has 0 aromatic carbocycles. The highest BCUT2D eigenvalue weighted by Gasteiger charge is 1.94. The van der Waals surface area contributed by atoms with E-state index < -0.39 is 0 Å². The lowest BCUT2D eigenvalue weighted by atomic mass is 10.2. The van der Waals surface area contributed by atoms with Crippen LogP contribution < -0.4 is 0 Å². The van der Waals surface area contributed by atoms with E-state index >= 15 is 0 Å². The molecule has 0 spiro atoms. The molecule has 1 aromatic heterocycles. The van der Waals surface area contributed by atoms with Crippen LogP contribution in [0.5, 0.6) is 0 Å². The zero-order valence-corrected chi connectivity index (χ0v) is 7.74. The van der Waals surface area contributed by atoms with E-state index in [0.717, 1.165) is 5.57 Å². The summed E-state index contributed by atoms with van der Waals surface area (Å²) in [7, 11) is 0. The van der Waals surface area contributed by atoms with Crippen LogP contribution in [0.15, 0.2) is 35.7 Å². The lowest BCUT2D eigenvalue weighted by Crippen LogP contribution is -1.71. The van der Waals surface area contributed by atoms with Gasteiger partial charge in [-0.05, 0) is 30.9 Å². The van der Waals surface area contributed by atoms with Gasteiger partial charge in [0.2, 0.25) is 0 Å². The minimum atomic E-state index is 1.11. The molecule has 1 rings (SSSR count). The van der Waals surface area contributed by atoms with E-state index in [0.29, 0.717) is 0 Å². The Hall–Kier alpha value is -0.820. The normalized spacial score (nSPS) is 9.27. The molecule has 0 fully saturated rings. The molecule has 1 heteroatoms. The van der Waals surface area contributed by atoms with Crippen LogP contribution >= 0.6 is 11.3 Å². The third-order valence-electron chi connectivity index (χ3n) is 1.30. The summed E-state index contributed by atoms with van der Waals surface area (Å²) in [6.07, 6.45) is 2.10. The molecule has 0 nitrogen and oxygen atoms in total. The summed E-state index contributed by atoms with van der Waals surface area (Å²) in [5.41, 5.74) is 2.41. The van der Waals surface area contributed by atoms with Crippen LogP contribution in [0.1, 0.15) is 18.7 Å². The van der Waals surface area contributed by atoms with Crippen molar-refractivity contribution in [1.82, 2.24) is 0 Å². The number of rotatable bonds is 2. The molecular weight excluding hydrogens is 152 g/mol. The van der Waals surface area contributed by atoms with Gasteiger partial charge in [0.05, 0.1) is 0 Å². The quantitative estimate of drug-likeness (QED) is 0.584. The molecule has 0 N–H and O–H groups in total. The van der Waals surface area contributed by atoms with Crippen molar-refractivity contribution in [2.75, 3.05) is 0 Å². The second-order valence-electron chi connectivity index (χ2n) is 2.72. The maximum atomic E-state index is 3.97. The summed E-state index contributed by atoms with van der Waals surface area (Å²) in [6.45, 7) is 8.14. The first kappa shape index (κ1) is 8.28. The average molecular weight is 164 g/mol. The van der Waals surface area contributed by atoms with Crippen molar-refractivity contribution in [2.24, 2.45) is 0 Å². The Kier molecular flexibility index (Phi) is 2.66. The molecule has 0 aliphatic heterocycles. The molecule has 0 saturated carbocycles. The highest BCUT2D eigenvalue weighted by Crippen LogP contribution is 2.20. The van der Waals surface area contributed by atoms with Gasteiger partial charge in [0.25, 0.3) is 0 Å². The standard InChI is InChI=1S/C10H12S/c1-8(2)7-9(3)10-5-4-6-11-10/h4-7H,3H2,1-2H3. The zero-order valence-electron chi connectivity index (χ0n) is 6.92. The van der Waals surface area contributed by atoms with E-state index in [4.69, 9.17) is 0 Å². The predicted octanol–water partition coefficient (Wildman–Crippen LogP) is 3.73. The molecule has 0 saturated heterocycles. The van der Waals surface area contributed by atoms with Crippen LogP contribution in [0.3, 0.4) is 0 Å². The molecule has 0 bridgehead atoms. The minimum absolute atomic E-state index is 1.11. The summed E-state index contributed by atoms with van der Waals surface area (Å²) in [5, 5.41) is 2.07. The van der Waals surface area contributed by atoms with E-state index in [1.54, 1.807) is 11.3 Å². The summed E-state index contributed by atoms with van der Waals surface area (Å²) in [6, 6.07) is 4.14. The first-order valence-corrected chi connectivity index (χ1v) is 4.46. The Labute approximate surface area is 71.9 Å². The fourth-order valence-corrected chi connectivity index (χ4v) is 1.55. The highest BCUT2D eigenvalue weighted by atomic mass is 32.1. The number of hydrogen-bond acceptors (Lipinski definition) is 1. The molecule has 58 valence electrons. The van der Waals surface area contributed by atoms with Crippen molar-refractivity contribution in [3.63, 3.8) is 0 Å². The third-order valence-corrected chi connectivity index (χ3v) is 2.25. The Morgan fingerprint density at radius 3 is 2.73 bits per heavy atom. The van der Waals surface area contributed by atoms with Gasteiger partial charge in [-0.25, -0.2) is 0 Å². The second-order valence-corrected chi connectivity index (χ2v) is 3.67. The second kappa shape index (κ2) is 3.54. The van der Waals surface area contributed by atoms with Crippen molar-refractivity contribution in [3.8, 4) is 0 Å². The van der Waals surface area contributed by atoms with E-state index in [2.05, 4.69) is 37.9 Å². The Bertz CT molecular complexity index is 261. The SMILES string of the molecule is C=C(C=C(C)C)c1cccs1. The van der Waals surface area contributed by atoms with Crippen molar-refractivity contribution >= 4 is 16.9 Å². The maximum Gasteiger partial charge on any atom is 0.0336 e. The van der Waals surface area contributed by atoms with Crippen molar-refractivity contribution < 1.29 is 0 Å². The largest absolute Gasteiger partial charge is 0.144 e. The fraction of sp³-hybridized carbons (Fsp3) is 0.200. The summed E-state index contributed by atoms with van der Waals surface area (Å²) >= 11 is 1.73. The van der Waals surface area contributed by atoms with Gasteiger partial charge in [-0.2, -0.15) is 0 Å². The van der Waals surface area contributed by atoms with Crippen LogP contribution in [0.2, 0.25) is 0 Å². The Morgan fingerprint density at radius 2 is 2.27 bits per heavy atom. The molecule has 0 radical (unpaired) electrons. The average Bonchev–Trinajstić information content (AvgIpc) is 2.35. The van der Waals surface area contributed by atoms with Gasteiger partial charge >= 0.3 is 0 Å². The van der Waals surface area contributed by atoms with Crippen LogP contribution in [0.25, 0.3) is 5.57 Å². The van der Waals surface area contributed by atoms with E-state index in [-0.39, 0.29) is 0 Å². The van der Waals surface area contributed by atoms with Crippen LogP contribution in [-0.4, -0.2) is 0 Å². The van der Waals surface area contributed by atoms with Crippen LogP contribution in [0, 0.1) is 0 Å². The third kappa shape index (κ3) is 2.35. The Balaban J connectivity index is 2.80. The topological polar surface area (TPSA) is 0 Å². The van der Waals surface area contributed by atoms with E-state index in [1.807, 2.05) is 6.07 Å². The monoisotopic (exact) mass is 164 g/mol. The molecule has 0 amide bonds. The van der Waals surface area contributed by atoms with Crippen molar-refractivity contribution in [3.05, 3.63) is 40.6 Å². The first-order chi connectivity index (χ1) is 5.20. The van der Waals surface area contributed by atoms with Gasteiger partial charge < -0.3 is 0 Å². The molecule has 1 aromatic rings. The molecule has 0 aliphatic carbocycles. The van der Waals surface area contributed by atoms with Crippen molar-refractivity contribution in [1.29, 1.82) is 0 Å². The highest BCUT2D eigenvalue weighted by molar-refractivity contribution is 7.11. The lowest BCUT2D eigenvalue weighted by Gasteiger charge is -1.94. The smallest absolute Gasteiger partial charge is 0.0336 e. The van der Waals surface area contributed by atoms with Crippen LogP contribution in [0.4, 0.5) is 0 Å². The minimum Gasteiger partial charge on any atom is -0.144 e.